The molecule has 0 saturated heterocycles. The average molecular weight is 382 g/mol. The molecule has 0 amide bonds. The average Bonchev–Trinajstić information content (AvgIpc) is 2.85. The van der Waals surface area contributed by atoms with Gasteiger partial charge in [0, 0.05) is 26.5 Å². The Morgan fingerprint density at radius 3 is 2.54 bits per heavy atom. The van der Waals surface area contributed by atoms with Crippen LogP contribution in [0.1, 0.15) is 11.3 Å². The first-order valence-electron chi connectivity index (χ1n) is 6.95. The van der Waals surface area contributed by atoms with Crippen LogP contribution in [0.4, 0.5) is 0 Å². The highest BCUT2D eigenvalue weighted by atomic mass is 35.5. The Balaban J connectivity index is 2.09. The maximum atomic E-state index is 10.8. The second-order valence-electron chi connectivity index (χ2n) is 5.11. The van der Waals surface area contributed by atoms with Crippen molar-refractivity contribution in [2.45, 2.75) is 6.54 Å². The molecule has 1 N–H and O–H groups in total. The van der Waals surface area contributed by atoms with Gasteiger partial charge >= 0.3 is 5.97 Å². The zero-order valence-electron chi connectivity index (χ0n) is 12.2. The van der Waals surface area contributed by atoms with Gasteiger partial charge in [-0.1, -0.05) is 40.9 Å². The SMILES string of the molecule is O=C(O)C=Cc1nn(Cc2ccc(Cl)cc2Cl)c2cc(Cl)ccc12. The Bertz CT molecular complexity index is 964. The molecule has 0 unspecified atom stereocenters. The number of carboxylic acids is 1. The Labute approximate surface area is 152 Å². The first-order valence-corrected chi connectivity index (χ1v) is 8.08. The predicted molar refractivity (Wildman–Crippen MR) is 97.0 cm³/mol. The van der Waals surface area contributed by atoms with Crippen LogP contribution >= 0.6 is 34.8 Å². The zero-order chi connectivity index (χ0) is 17.3. The number of rotatable bonds is 4. The summed E-state index contributed by atoms with van der Waals surface area (Å²) in [5.74, 6) is -1.03. The smallest absolute Gasteiger partial charge is 0.328 e. The van der Waals surface area contributed by atoms with E-state index in [0.29, 0.717) is 27.3 Å². The van der Waals surface area contributed by atoms with Gasteiger partial charge in [0.25, 0.3) is 0 Å². The van der Waals surface area contributed by atoms with Crippen molar-refractivity contribution in [1.82, 2.24) is 9.78 Å². The number of fused-ring (bicyclic) bond motifs is 1. The van der Waals surface area contributed by atoms with Crippen LogP contribution in [0.3, 0.4) is 0 Å². The lowest BCUT2D eigenvalue weighted by atomic mass is 10.2. The minimum absolute atomic E-state index is 0.410. The lowest BCUT2D eigenvalue weighted by Crippen LogP contribution is -2.02. The third kappa shape index (κ3) is 3.56. The fraction of sp³-hybridized carbons (Fsp3) is 0.0588. The summed E-state index contributed by atoms with van der Waals surface area (Å²) < 4.78 is 1.73. The first-order chi connectivity index (χ1) is 11.4. The van der Waals surface area contributed by atoms with Gasteiger partial charge in [0.1, 0.15) is 0 Å². The second kappa shape index (κ2) is 6.85. The summed E-state index contributed by atoms with van der Waals surface area (Å²) in [7, 11) is 0. The summed E-state index contributed by atoms with van der Waals surface area (Å²) in [6, 6.07) is 10.6. The van der Waals surface area contributed by atoms with Gasteiger partial charge in [-0.05, 0) is 42.0 Å². The van der Waals surface area contributed by atoms with Crippen molar-refractivity contribution < 1.29 is 9.90 Å². The predicted octanol–water partition coefficient (Wildman–Crippen LogP) is 5.14. The largest absolute Gasteiger partial charge is 0.478 e. The van der Waals surface area contributed by atoms with E-state index in [0.717, 1.165) is 22.5 Å². The monoisotopic (exact) mass is 380 g/mol. The van der Waals surface area contributed by atoms with E-state index in [-0.39, 0.29) is 0 Å². The van der Waals surface area contributed by atoms with Crippen LogP contribution in [0.2, 0.25) is 15.1 Å². The maximum Gasteiger partial charge on any atom is 0.328 e. The fourth-order valence-corrected chi connectivity index (χ4v) is 3.01. The molecule has 1 heterocycles. The molecule has 24 heavy (non-hydrogen) atoms. The number of hydrogen-bond donors (Lipinski definition) is 1. The molecule has 0 spiro atoms. The molecule has 0 atom stereocenters. The lowest BCUT2D eigenvalue weighted by molar-refractivity contribution is -0.131. The number of hydrogen-bond acceptors (Lipinski definition) is 2. The summed E-state index contributed by atoms with van der Waals surface area (Å²) in [4.78, 5) is 10.8. The number of aliphatic carboxylic acids is 1. The van der Waals surface area contributed by atoms with Crippen molar-refractivity contribution in [2.75, 3.05) is 0 Å². The normalized spacial score (nSPS) is 11.5. The van der Waals surface area contributed by atoms with Crippen LogP contribution in [-0.2, 0) is 11.3 Å². The van der Waals surface area contributed by atoms with Gasteiger partial charge in [-0.25, -0.2) is 4.79 Å². The fourth-order valence-electron chi connectivity index (χ4n) is 2.38. The van der Waals surface area contributed by atoms with E-state index in [2.05, 4.69) is 5.10 Å². The van der Waals surface area contributed by atoms with Crippen LogP contribution in [0.5, 0.6) is 0 Å². The number of benzene rings is 2. The van der Waals surface area contributed by atoms with Gasteiger partial charge in [-0.15, -0.1) is 0 Å². The Morgan fingerprint density at radius 1 is 1.12 bits per heavy atom. The van der Waals surface area contributed by atoms with Crippen LogP contribution in [0.25, 0.3) is 17.0 Å². The molecule has 0 bridgehead atoms. The minimum atomic E-state index is -1.03. The van der Waals surface area contributed by atoms with Crippen LogP contribution in [-0.4, -0.2) is 20.9 Å². The molecule has 2 aromatic carbocycles. The maximum absolute atomic E-state index is 10.8. The molecule has 3 rings (SSSR count). The third-order valence-corrected chi connectivity index (χ3v) is 4.28. The van der Waals surface area contributed by atoms with E-state index in [4.69, 9.17) is 39.9 Å². The van der Waals surface area contributed by atoms with Gasteiger partial charge in [0.05, 0.1) is 17.8 Å². The molecule has 0 aliphatic heterocycles. The second-order valence-corrected chi connectivity index (χ2v) is 6.39. The molecular weight excluding hydrogens is 371 g/mol. The molecule has 0 saturated carbocycles. The minimum Gasteiger partial charge on any atom is -0.478 e. The number of aromatic nitrogens is 2. The number of nitrogens with zero attached hydrogens (tertiary/aromatic N) is 2. The van der Waals surface area contributed by atoms with Crippen molar-refractivity contribution in [3.05, 3.63) is 68.8 Å². The van der Waals surface area contributed by atoms with Crippen LogP contribution in [0, 0.1) is 0 Å². The van der Waals surface area contributed by atoms with E-state index in [1.165, 1.54) is 6.08 Å². The lowest BCUT2D eigenvalue weighted by Gasteiger charge is -2.06. The summed E-state index contributed by atoms with van der Waals surface area (Å²) in [5.41, 5.74) is 2.19. The standard InChI is InChI=1S/C17H11Cl3N2O2/c18-11-2-1-10(14(20)7-11)9-22-16-8-12(19)3-4-13(16)15(21-22)5-6-17(23)24/h1-8H,9H2,(H,23,24). The molecule has 0 fully saturated rings. The molecule has 4 nitrogen and oxygen atoms in total. The Morgan fingerprint density at radius 2 is 1.83 bits per heavy atom. The van der Waals surface area contributed by atoms with Gasteiger partial charge in [-0.2, -0.15) is 5.10 Å². The van der Waals surface area contributed by atoms with E-state index in [1.807, 2.05) is 12.1 Å². The van der Waals surface area contributed by atoms with E-state index in [1.54, 1.807) is 28.9 Å². The number of carbonyl (C=O) groups is 1. The van der Waals surface area contributed by atoms with Gasteiger partial charge in [0.2, 0.25) is 0 Å². The van der Waals surface area contributed by atoms with E-state index < -0.39 is 5.97 Å². The molecule has 1 aromatic heterocycles. The first kappa shape index (κ1) is 16.8. The van der Waals surface area contributed by atoms with Crippen molar-refractivity contribution in [2.24, 2.45) is 0 Å². The summed E-state index contributed by atoms with van der Waals surface area (Å²) >= 11 is 18.2. The summed E-state index contributed by atoms with van der Waals surface area (Å²) in [6.07, 6.45) is 2.51. The van der Waals surface area contributed by atoms with Crippen molar-refractivity contribution >= 4 is 57.8 Å². The van der Waals surface area contributed by atoms with Crippen molar-refractivity contribution in [3.63, 3.8) is 0 Å². The highest BCUT2D eigenvalue weighted by molar-refractivity contribution is 6.35. The quantitative estimate of drug-likeness (QED) is 0.636. The van der Waals surface area contributed by atoms with Gasteiger partial charge in [-0.3, -0.25) is 4.68 Å². The van der Waals surface area contributed by atoms with E-state index in [9.17, 15) is 4.79 Å². The molecule has 0 aliphatic rings. The Kier molecular flexibility index (Phi) is 4.81. The zero-order valence-corrected chi connectivity index (χ0v) is 14.5. The number of halogens is 3. The topological polar surface area (TPSA) is 55.1 Å². The third-order valence-electron chi connectivity index (χ3n) is 3.46. The summed E-state index contributed by atoms with van der Waals surface area (Å²) in [5, 5.41) is 15.8. The van der Waals surface area contributed by atoms with E-state index >= 15 is 0 Å². The highest BCUT2D eigenvalue weighted by Gasteiger charge is 2.11. The molecular formula is C17H11Cl3N2O2. The van der Waals surface area contributed by atoms with Crippen molar-refractivity contribution in [3.8, 4) is 0 Å². The molecule has 3 aromatic rings. The van der Waals surface area contributed by atoms with Crippen LogP contribution < -0.4 is 0 Å². The van der Waals surface area contributed by atoms with Crippen molar-refractivity contribution in [1.29, 1.82) is 0 Å². The van der Waals surface area contributed by atoms with Gasteiger partial charge < -0.3 is 5.11 Å². The summed E-state index contributed by atoms with van der Waals surface area (Å²) in [6.45, 7) is 0.410. The van der Waals surface area contributed by atoms with Crippen LogP contribution in [0.15, 0.2) is 42.5 Å². The molecule has 0 radical (unpaired) electrons. The Hall–Kier alpha value is -2.01. The van der Waals surface area contributed by atoms with Gasteiger partial charge in [0.15, 0.2) is 0 Å². The molecule has 122 valence electrons. The molecule has 7 heteroatoms. The molecule has 0 aliphatic carbocycles. The highest BCUT2D eigenvalue weighted by Crippen LogP contribution is 2.27. The number of carboxylic acid groups (broad SMARTS) is 1.